The molecule has 17 heavy (non-hydrogen) atoms. The fourth-order valence-electron chi connectivity index (χ4n) is 1.24. The lowest BCUT2D eigenvalue weighted by Crippen LogP contribution is -2.37. The highest BCUT2D eigenvalue weighted by Gasteiger charge is 2.30. The second-order valence-electron chi connectivity index (χ2n) is 5.21. The molecule has 2 nitrogen and oxygen atoms in total. The van der Waals surface area contributed by atoms with E-state index >= 15 is 0 Å². The molecule has 1 heterocycles. The minimum absolute atomic E-state index is 0.0929. The normalized spacial score (nSPS) is 14.8. The molecule has 0 fully saturated rings. The minimum atomic E-state index is -4.34. The van der Waals surface area contributed by atoms with Gasteiger partial charge in [-0.3, -0.25) is 4.98 Å². The first kappa shape index (κ1) is 14.0. The molecule has 2 N–H and O–H groups in total. The maximum atomic E-state index is 12.3. The number of rotatable bonds is 2. The van der Waals surface area contributed by atoms with Gasteiger partial charge in [0, 0.05) is 24.4 Å². The SMILES string of the molecule is CC(C)(C)C(N)Cc1ccc(C(F)(F)F)cn1. The first-order valence-electron chi connectivity index (χ1n) is 5.38. The van der Waals surface area contributed by atoms with Crippen LogP contribution in [0.3, 0.4) is 0 Å². The maximum Gasteiger partial charge on any atom is 0.417 e. The summed E-state index contributed by atoms with van der Waals surface area (Å²) >= 11 is 0. The smallest absolute Gasteiger partial charge is 0.327 e. The van der Waals surface area contributed by atoms with Crippen molar-refractivity contribution >= 4 is 0 Å². The molecular weight excluding hydrogens is 229 g/mol. The van der Waals surface area contributed by atoms with Gasteiger partial charge in [-0.2, -0.15) is 13.2 Å². The zero-order chi connectivity index (χ0) is 13.3. The second kappa shape index (κ2) is 4.64. The zero-order valence-electron chi connectivity index (χ0n) is 10.2. The number of nitrogens with two attached hydrogens (primary N) is 1. The lowest BCUT2D eigenvalue weighted by molar-refractivity contribution is -0.137. The topological polar surface area (TPSA) is 38.9 Å². The highest BCUT2D eigenvalue weighted by Crippen LogP contribution is 2.28. The van der Waals surface area contributed by atoms with Crippen molar-refractivity contribution in [3.63, 3.8) is 0 Å². The third-order valence-corrected chi connectivity index (χ3v) is 2.69. The molecule has 0 aliphatic heterocycles. The molecule has 96 valence electrons. The van der Waals surface area contributed by atoms with Gasteiger partial charge in [0.2, 0.25) is 0 Å². The van der Waals surface area contributed by atoms with Crippen LogP contribution in [0.15, 0.2) is 18.3 Å². The van der Waals surface area contributed by atoms with Gasteiger partial charge < -0.3 is 5.73 Å². The first-order valence-corrected chi connectivity index (χ1v) is 5.38. The van der Waals surface area contributed by atoms with E-state index in [2.05, 4.69) is 4.98 Å². The standard InChI is InChI=1S/C12H17F3N2/c1-11(2,3)10(16)6-9-5-4-8(7-17-9)12(13,14)15/h4-5,7,10H,6,16H2,1-3H3. The summed E-state index contributed by atoms with van der Waals surface area (Å²) in [5, 5.41) is 0. The highest BCUT2D eigenvalue weighted by molar-refractivity contribution is 5.17. The van der Waals surface area contributed by atoms with Crippen molar-refractivity contribution in [3.8, 4) is 0 Å². The van der Waals surface area contributed by atoms with E-state index in [0.29, 0.717) is 12.1 Å². The fraction of sp³-hybridized carbons (Fsp3) is 0.583. The van der Waals surface area contributed by atoms with Gasteiger partial charge in [-0.05, 0) is 17.5 Å². The first-order chi connectivity index (χ1) is 7.60. The Morgan fingerprint density at radius 1 is 1.24 bits per heavy atom. The van der Waals surface area contributed by atoms with Crippen LogP contribution in [0, 0.1) is 5.41 Å². The number of hydrogen-bond donors (Lipinski definition) is 1. The average molecular weight is 246 g/mol. The van der Waals surface area contributed by atoms with E-state index in [1.54, 1.807) is 0 Å². The number of hydrogen-bond acceptors (Lipinski definition) is 2. The maximum absolute atomic E-state index is 12.3. The molecule has 0 aromatic carbocycles. The molecule has 0 radical (unpaired) electrons. The van der Waals surface area contributed by atoms with Gasteiger partial charge in [0.1, 0.15) is 0 Å². The van der Waals surface area contributed by atoms with Crippen molar-refractivity contribution in [3.05, 3.63) is 29.6 Å². The summed E-state index contributed by atoms with van der Waals surface area (Å²) in [6.45, 7) is 5.96. The Hall–Kier alpha value is -1.10. The van der Waals surface area contributed by atoms with Crippen LogP contribution in [-0.2, 0) is 12.6 Å². The lowest BCUT2D eigenvalue weighted by atomic mass is 9.85. The molecule has 1 aromatic rings. The van der Waals surface area contributed by atoms with Gasteiger partial charge >= 0.3 is 6.18 Å². The number of nitrogens with zero attached hydrogens (tertiary/aromatic N) is 1. The van der Waals surface area contributed by atoms with Crippen LogP contribution in [0.2, 0.25) is 0 Å². The van der Waals surface area contributed by atoms with Crippen LogP contribution in [0.5, 0.6) is 0 Å². The van der Waals surface area contributed by atoms with Crippen LogP contribution in [0.4, 0.5) is 13.2 Å². The Bertz CT molecular complexity index is 363. The molecule has 1 unspecified atom stereocenters. The van der Waals surface area contributed by atoms with Gasteiger partial charge in [0.05, 0.1) is 5.56 Å². The number of aromatic nitrogens is 1. The summed E-state index contributed by atoms with van der Waals surface area (Å²) < 4.78 is 36.9. The predicted molar refractivity (Wildman–Crippen MR) is 60.4 cm³/mol. The van der Waals surface area contributed by atoms with E-state index in [9.17, 15) is 13.2 Å². The molecule has 1 rings (SSSR count). The average Bonchev–Trinajstić information content (AvgIpc) is 2.15. The van der Waals surface area contributed by atoms with Crippen molar-refractivity contribution in [2.24, 2.45) is 11.1 Å². The molecule has 0 bridgehead atoms. The van der Waals surface area contributed by atoms with Gasteiger partial charge in [-0.1, -0.05) is 20.8 Å². The lowest BCUT2D eigenvalue weighted by Gasteiger charge is -2.26. The van der Waals surface area contributed by atoms with Crippen LogP contribution >= 0.6 is 0 Å². The Balaban J connectivity index is 2.76. The van der Waals surface area contributed by atoms with Gasteiger partial charge in [-0.15, -0.1) is 0 Å². The third kappa shape index (κ3) is 4.00. The van der Waals surface area contributed by atoms with E-state index in [-0.39, 0.29) is 11.5 Å². The third-order valence-electron chi connectivity index (χ3n) is 2.69. The van der Waals surface area contributed by atoms with E-state index in [0.717, 1.165) is 12.3 Å². The molecule has 5 heteroatoms. The Morgan fingerprint density at radius 2 is 1.82 bits per heavy atom. The van der Waals surface area contributed by atoms with Crippen molar-refractivity contribution in [1.29, 1.82) is 0 Å². The molecule has 0 amide bonds. The summed E-state index contributed by atoms with van der Waals surface area (Å²) in [6.07, 6.45) is -3.01. The van der Waals surface area contributed by atoms with Crippen LogP contribution in [0.25, 0.3) is 0 Å². The summed E-state index contributed by atoms with van der Waals surface area (Å²) in [7, 11) is 0. The molecule has 0 spiro atoms. The quantitative estimate of drug-likeness (QED) is 0.871. The summed E-state index contributed by atoms with van der Waals surface area (Å²) in [5.74, 6) is 0. The largest absolute Gasteiger partial charge is 0.417 e. The van der Waals surface area contributed by atoms with E-state index < -0.39 is 11.7 Å². The van der Waals surface area contributed by atoms with Crippen molar-refractivity contribution in [2.45, 2.75) is 39.4 Å². The highest BCUT2D eigenvalue weighted by atomic mass is 19.4. The van der Waals surface area contributed by atoms with Crippen LogP contribution < -0.4 is 5.73 Å². The van der Waals surface area contributed by atoms with Gasteiger partial charge in [-0.25, -0.2) is 0 Å². The van der Waals surface area contributed by atoms with Crippen LogP contribution in [-0.4, -0.2) is 11.0 Å². The molecule has 1 aromatic heterocycles. The van der Waals surface area contributed by atoms with E-state index in [4.69, 9.17) is 5.73 Å². The van der Waals surface area contributed by atoms with Crippen molar-refractivity contribution < 1.29 is 13.2 Å². The molecule has 0 aliphatic rings. The number of pyridine rings is 1. The second-order valence-corrected chi connectivity index (χ2v) is 5.21. The minimum Gasteiger partial charge on any atom is -0.327 e. The van der Waals surface area contributed by atoms with Gasteiger partial charge in [0.15, 0.2) is 0 Å². The Morgan fingerprint density at radius 3 is 2.18 bits per heavy atom. The van der Waals surface area contributed by atoms with Gasteiger partial charge in [0.25, 0.3) is 0 Å². The van der Waals surface area contributed by atoms with Crippen LogP contribution in [0.1, 0.15) is 32.0 Å². The monoisotopic (exact) mass is 246 g/mol. The zero-order valence-corrected chi connectivity index (χ0v) is 10.2. The predicted octanol–water partition coefficient (Wildman–Crippen LogP) is 3.02. The summed E-state index contributed by atoms with van der Waals surface area (Å²) in [4.78, 5) is 3.80. The van der Waals surface area contributed by atoms with E-state index in [1.165, 1.54) is 6.07 Å². The molecular formula is C12H17F3N2. The molecule has 1 atom stereocenters. The summed E-state index contributed by atoms with van der Waals surface area (Å²) in [5.41, 5.74) is 5.70. The Labute approximate surface area is 99.0 Å². The fourth-order valence-corrected chi connectivity index (χ4v) is 1.24. The van der Waals surface area contributed by atoms with Crippen molar-refractivity contribution in [1.82, 2.24) is 4.98 Å². The van der Waals surface area contributed by atoms with E-state index in [1.807, 2.05) is 20.8 Å². The number of halogens is 3. The molecule has 0 saturated heterocycles. The summed E-state index contributed by atoms with van der Waals surface area (Å²) in [6, 6.07) is 2.29. The molecule has 0 saturated carbocycles. The molecule has 0 aliphatic carbocycles. The Kier molecular flexibility index (Phi) is 3.81. The van der Waals surface area contributed by atoms with Crippen molar-refractivity contribution in [2.75, 3.05) is 0 Å². The number of alkyl halides is 3.